The summed E-state index contributed by atoms with van der Waals surface area (Å²) in [5.41, 5.74) is 0. The van der Waals surface area contributed by atoms with Gasteiger partial charge in [0, 0.05) is 25.5 Å². The van der Waals surface area contributed by atoms with Gasteiger partial charge in [-0.15, -0.1) is 6.58 Å². The van der Waals surface area contributed by atoms with E-state index < -0.39 is 0 Å². The van der Waals surface area contributed by atoms with Crippen LogP contribution in [0.2, 0.25) is 0 Å². The highest BCUT2D eigenvalue weighted by Crippen LogP contribution is 2.07. The van der Waals surface area contributed by atoms with Crippen molar-refractivity contribution in [2.75, 3.05) is 23.9 Å². The van der Waals surface area contributed by atoms with Crippen molar-refractivity contribution in [2.24, 2.45) is 0 Å². The van der Waals surface area contributed by atoms with Crippen molar-refractivity contribution in [3.8, 4) is 0 Å². The fourth-order valence-corrected chi connectivity index (χ4v) is 1.84. The number of imidazole rings is 1. The lowest BCUT2D eigenvalue weighted by Crippen LogP contribution is -2.07. The van der Waals surface area contributed by atoms with Gasteiger partial charge < -0.3 is 9.88 Å². The summed E-state index contributed by atoms with van der Waals surface area (Å²) in [5, 5.41) is 3.21. The van der Waals surface area contributed by atoms with Crippen LogP contribution in [0, 0.1) is 0 Å². The Morgan fingerprint density at radius 2 is 2.47 bits per heavy atom. The molecule has 0 fully saturated rings. The minimum Gasteiger partial charge on any atom is -0.352 e. The smallest absolute Gasteiger partial charge is 0.203 e. The third-order valence-electron chi connectivity index (χ3n) is 2.12. The van der Waals surface area contributed by atoms with Gasteiger partial charge >= 0.3 is 0 Å². The molecule has 0 bridgehead atoms. The van der Waals surface area contributed by atoms with E-state index in [1.54, 1.807) is 0 Å². The number of hydrogen-bond acceptors (Lipinski definition) is 3. The Hall–Kier alpha value is -0.900. The largest absolute Gasteiger partial charge is 0.352 e. The number of thioether (sulfide) groups is 1. The molecule has 0 atom stereocenters. The van der Waals surface area contributed by atoms with Crippen LogP contribution >= 0.6 is 11.8 Å². The highest BCUT2D eigenvalue weighted by atomic mass is 32.2. The molecule has 0 radical (unpaired) electrons. The Morgan fingerprint density at radius 1 is 1.60 bits per heavy atom. The lowest BCUT2D eigenvalue weighted by molar-refractivity contribution is 0.639. The second-order valence-electron chi connectivity index (χ2n) is 3.31. The van der Waals surface area contributed by atoms with Crippen LogP contribution < -0.4 is 5.32 Å². The van der Waals surface area contributed by atoms with Crippen LogP contribution in [0.3, 0.4) is 0 Å². The molecule has 4 heteroatoms. The number of nitrogens with zero attached hydrogens (tertiary/aromatic N) is 2. The summed E-state index contributed by atoms with van der Waals surface area (Å²) in [4.78, 5) is 4.25. The molecule has 1 N–H and O–H groups in total. The van der Waals surface area contributed by atoms with Gasteiger partial charge in [-0.25, -0.2) is 4.98 Å². The van der Waals surface area contributed by atoms with E-state index in [2.05, 4.69) is 27.7 Å². The van der Waals surface area contributed by atoms with E-state index in [0.29, 0.717) is 0 Å². The second kappa shape index (κ2) is 7.40. The number of aromatic nitrogens is 2. The first-order chi connectivity index (χ1) is 7.38. The Kier molecular flexibility index (Phi) is 6.00. The standard InChI is InChI=1S/C11H19N3S/c1-3-6-12-11-13-7-9-14(11)8-4-5-10-15-2/h3,7,9H,1,4-6,8,10H2,2H3,(H,12,13). The highest BCUT2D eigenvalue weighted by molar-refractivity contribution is 7.98. The molecule has 0 amide bonds. The molecule has 0 aliphatic carbocycles. The zero-order valence-corrected chi connectivity index (χ0v) is 10.1. The SMILES string of the molecule is C=CCNc1nccn1CCCCSC. The van der Waals surface area contributed by atoms with E-state index in [1.807, 2.05) is 30.2 Å². The zero-order chi connectivity index (χ0) is 10.9. The van der Waals surface area contributed by atoms with Crippen LogP contribution in [0.4, 0.5) is 5.95 Å². The van der Waals surface area contributed by atoms with Gasteiger partial charge in [0.05, 0.1) is 0 Å². The minimum atomic E-state index is 0.766. The van der Waals surface area contributed by atoms with Crippen molar-refractivity contribution in [1.29, 1.82) is 0 Å². The van der Waals surface area contributed by atoms with Gasteiger partial charge in [-0.1, -0.05) is 6.08 Å². The normalized spacial score (nSPS) is 10.2. The highest BCUT2D eigenvalue weighted by Gasteiger charge is 1.99. The third kappa shape index (κ3) is 4.42. The fourth-order valence-electron chi connectivity index (χ4n) is 1.35. The van der Waals surface area contributed by atoms with Crippen molar-refractivity contribution in [2.45, 2.75) is 19.4 Å². The molecule has 0 saturated heterocycles. The summed E-state index contributed by atoms with van der Waals surface area (Å²) < 4.78 is 2.16. The molecular weight excluding hydrogens is 206 g/mol. The first-order valence-corrected chi connectivity index (χ1v) is 6.62. The third-order valence-corrected chi connectivity index (χ3v) is 2.81. The Morgan fingerprint density at radius 3 is 3.20 bits per heavy atom. The Labute approximate surface area is 96.0 Å². The lowest BCUT2D eigenvalue weighted by atomic mass is 10.3. The molecular formula is C11H19N3S. The Bertz CT molecular complexity index is 283. The molecule has 1 aromatic rings. The number of nitrogens with one attached hydrogen (secondary N) is 1. The summed E-state index contributed by atoms with van der Waals surface area (Å²) in [6.45, 7) is 5.48. The first-order valence-electron chi connectivity index (χ1n) is 5.23. The van der Waals surface area contributed by atoms with Gasteiger partial charge in [-0.2, -0.15) is 11.8 Å². The summed E-state index contributed by atoms with van der Waals surface area (Å²) in [7, 11) is 0. The number of anilines is 1. The van der Waals surface area contributed by atoms with Gasteiger partial charge in [0.2, 0.25) is 5.95 Å². The molecule has 1 heterocycles. The maximum atomic E-state index is 4.25. The van der Waals surface area contributed by atoms with Gasteiger partial charge in [-0.3, -0.25) is 0 Å². The molecule has 0 aliphatic heterocycles. The minimum absolute atomic E-state index is 0.766. The maximum Gasteiger partial charge on any atom is 0.203 e. The van der Waals surface area contributed by atoms with Crippen molar-refractivity contribution in [3.63, 3.8) is 0 Å². The predicted molar refractivity (Wildman–Crippen MR) is 68.5 cm³/mol. The maximum absolute atomic E-state index is 4.25. The summed E-state index contributed by atoms with van der Waals surface area (Å²) in [5.74, 6) is 2.18. The quantitative estimate of drug-likeness (QED) is 0.545. The molecule has 1 rings (SSSR count). The molecule has 0 aliphatic rings. The van der Waals surface area contributed by atoms with Crippen LogP contribution in [0.15, 0.2) is 25.0 Å². The number of hydrogen-bond donors (Lipinski definition) is 1. The fraction of sp³-hybridized carbons (Fsp3) is 0.545. The van der Waals surface area contributed by atoms with Gasteiger partial charge in [0.1, 0.15) is 0 Å². The van der Waals surface area contributed by atoms with Gasteiger partial charge in [-0.05, 0) is 24.9 Å². The van der Waals surface area contributed by atoms with E-state index in [4.69, 9.17) is 0 Å². The van der Waals surface area contributed by atoms with Crippen LogP contribution in [0.5, 0.6) is 0 Å². The summed E-state index contributed by atoms with van der Waals surface area (Å²) in [6, 6.07) is 0. The average Bonchev–Trinajstić information content (AvgIpc) is 2.69. The molecule has 0 unspecified atom stereocenters. The molecule has 1 aromatic heterocycles. The molecule has 84 valence electrons. The van der Waals surface area contributed by atoms with Crippen molar-refractivity contribution in [1.82, 2.24) is 9.55 Å². The topological polar surface area (TPSA) is 29.9 Å². The van der Waals surface area contributed by atoms with E-state index in [1.165, 1.54) is 18.6 Å². The molecule has 0 saturated carbocycles. The molecule has 0 spiro atoms. The van der Waals surface area contributed by atoms with Crippen molar-refractivity contribution >= 4 is 17.7 Å². The van der Waals surface area contributed by atoms with Gasteiger partial charge in [0.25, 0.3) is 0 Å². The first kappa shape index (κ1) is 12.2. The lowest BCUT2D eigenvalue weighted by Gasteiger charge is -2.07. The summed E-state index contributed by atoms with van der Waals surface area (Å²) >= 11 is 1.90. The van der Waals surface area contributed by atoms with Crippen LogP contribution in [-0.2, 0) is 6.54 Å². The average molecular weight is 225 g/mol. The van der Waals surface area contributed by atoms with Crippen molar-refractivity contribution in [3.05, 3.63) is 25.0 Å². The van der Waals surface area contributed by atoms with E-state index >= 15 is 0 Å². The van der Waals surface area contributed by atoms with Crippen LogP contribution in [0.25, 0.3) is 0 Å². The number of aryl methyl sites for hydroxylation is 1. The molecule has 15 heavy (non-hydrogen) atoms. The molecule has 0 aromatic carbocycles. The Balaban J connectivity index is 2.32. The second-order valence-corrected chi connectivity index (χ2v) is 4.30. The monoisotopic (exact) mass is 225 g/mol. The van der Waals surface area contributed by atoms with E-state index in [-0.39, 0.29) is 0 Å². The number of unbranched alkanes of at least 4 members (excludes halogenated alkanes) is 1. The van der Waals surface area contributed by atoms with Crippen LogP contribution in [-0.4, -0.2) is 28.1 Å². The van der Waals surface area contributed by atoms with E-state index in [9.17, 15) is 0 Å². The number of rotatable bonds is 8. The summed E-state index contributed by atoms with van der Waals surface area (Å²) in [6.07, 6.45) is 10.3. The predicted octanol–water partition coefficient (Wildman–Crippen LogP) is 2.62. The van der Waals surface area contributed by atoms with Crippen molar-refractivity contribution < 1.29 is 0 Å². The van der Waals surface area contributed by atoms with E-state index in [0.717, 1.165) is 19.0 Å². The van der Waals surface area contributed by atoms with Crippen LogP contribution in [0.1, 0.15) is 12.8 Å². The van der Waals surface area contributed by atoms with Gasteiger partial charge in [0.15, 0.2) is 0 Å². The zero-order valence-electron chi connectivity index (χ0n) is 9.28. The molecule has 3 nitrogen and oxygen atoms in total.